The number of aromatic nitrogens is 2. The van der Waals surface area contributed by atoms with Crippen molar-refractivity contribution in [2.45, 2.75) is 50.9 Å². The van der Waals surface area contributed by atoms with Crippen molar-refractivity contribution in [3.63, 3.8) is 0 Å². The predicted octanol–water partition coefficient (Wildman–Crippen LogP) is 6.23. The molecule has 3 heterocycles. The monoisotopic (exact) mass is 789 g/mol. The summed E-state index contributed by atoms with van der Waals surface area (Å²) in [4.78, 5) is 9.40. The minimum atomic E-state index is -3.86. The molecule has 0 amide bonds. The van der Waals surface area contributed by atoms with E-state index in [2.05, 4.69) is 11.1 Å². The van der Waals surface area contributed by atoms with Crippen LogP contribution in [-0.2, 0) is 33.5 Å². The summed E-state index contributed by atoms with van der Waals surface area (Å²) in [7, 11) is -6.14. The quantitative estimate of drug-likeness (QED) is 0.151. The van der Waals surface area contributed by atoms with E-state index >= 15 is 0 Å². The molecule has 284 valence electrons. The van der Waals surface area contributed by atoms with Gasteiger partial charge < -0.3 is 14.2 Å². The SMILES string of the molecule is COc1ccc2c(-c3ccc(CN(C4CC4)S(N)(=O)=O)cc3)c3c(nc2c1)Oc1cc2ncc(C#N)c(-c4ccc(CN(C5CC5)S(N)(=O)=O)cc4)c2cc1O3. The molecule has 0 radical (unpaired) electrons. The number of rotatable bonds is 11. The maximum Gasteiger partial charge on any atom is 0.277 e. The van der Waals surface area contributed by atoms with Gasteiger partial charge in [0.25, 0.3) is 26.3 Å². The Labute approximate surface area is 323 Å². The highest BCUT2D eigenvalue weighted by atomic mass is 32.2. The number of hydrogen-bond acceptors (Lipinski definition) is 10. The maximum atomic E-state index is 12.3. The van der Waals surface area contributed by atoms with Crippen LogP contribution in [0.25, 0.3) is 44.1 Å². The summed E-state index contributed by atoms with van der Waals surface area (Å²) in [5.74, 6) is 1.98. The van der Waals surface area contributed by atoms with Crippen LogP contribution in [-0.4, -0.2) is 54.6 Å². The largest absolute Gasteiger partial charge is 0.497 e. The van der Waals surface area contributed by atoms with Gasteiger partial charge in [0.15, 0.2) is 17.2 Å². The zero-order chi connectivity index (χ0) is 38.9. The van der Waals surface area contributed by atoms with Crippen molar-refractivity contribution >= 4 is 42.2 Å². The van der Waals surface area contributed by atoms with Crippen LogP contribution >= 0.6 is 0 Å². The van der Waals surface area contributed by atoms with Gasteiger partial charge >= 0.3 is 0 Å². The molecule has 6 aromatic rings. The van der Waals surface area contributed by atoms with Crippen molar-refractivity contribution < 1.29 is 31.0 Å². The van der Waals surface area contributed by atoms with Crippen molar-refractivity contribution in [2.75, 3.05) is 7.11 Å². The molecule has 1 aliphatic heterocycles. The van der Waals surface area contributed by atoms with Crippen LogP contribution in [0.15, 0.2) is 85.1 Å². The average molecular weight is 790 g/mol. The van der Waals surface area contributed by atoms with Crippen LogP contribution in [0.2, 0.25) is 0 Å². The predicted molar refractivity (Wildman–Crippen MR) is 209 cm³/mol. The van der Waals surface area contributed by atoms with Gasteiger partial charge in [-0.05, 0) is 66.1 Å². The first-order valence-corrected chi connectivity index (χ1v) is 20.9. The molecule has 16 heteroatoms. The number of pyridine rings is 2. The fourth-order valence-electron chi connectivity index (χ4n) is 7.24. The standard InChI is InChI=1S/C40H35N7O7S2/c1-52-30-14-15-31-34(16-30)45-40-39(38(31)26-8-4-24(5-9-26)22-47(29-12-13-29)56(43,50)51)53-35-17-32-33(18-36(35)54-40)44-20-27(19-41)37(32)25-6-2-23(3-7-25)21-46(28-10-11-28)55(42,48)49/h2-9,14-18,20,28-29H,10-13,21-22H2,1H3,(H2,42,48,49)(H2,43,50,51). The van der Waals surface area contributed by atoms with Crippen LogP contribution in [0.1, 0.15) is 42.4 Å². The Morgan fingerprint density at radius 2 is 1.32 bits per heavy atom. The van der Waals surface area contributed by atoms with Gasteiger partial charge in [0, 0.05) is 65.4 Å². The van der Waals surface area contributed by atoms with E-state index in [9.17, 15) is 22.1 Å². The summed E-state index contributed by atoms with van der Waals surface area (Å²) in [5, 5.41) is 22.6. The molecule has 9 rings (SSSR count). The molecule has 0 atom stereocenters. The Morgan fingerprint density at radius 3 is 1.86 bits per heavy atom. The lowest BCUT2D eigenvalue weighted by atomic mass is 9.95. The summed E-state index contributed by atoms with van der Waals surface area (Å²) in [6, 6.07) is 26.1. The third kappa shape index (κ3) is 6.78. The van der Waals surface area contributed by atoms with E-state index in [1.807, 2.05) is 66.7 Å². The summed E-state index contributed by atoms with van der Waals surface area (Å²) >= 11 is 0. The lowest BCUT2D eigenvalue weighted by molar-refractivity contribution is 0.351. The highest BCUT2D eigenvalue weighted by Crippen LogP contribution is 2.53. The van der Waals surface area contributed by atoms with E-state index in [-0.39, 0.29) is 31.1 Å². The Kier molecular flexibility index (Phi) is 8.69. The normalized spacial score (nSPS) is 15.3. The molecular weight excluding hydrogens is 755 g/mol. The third-order valence-electron chi connectivity index (χ3n) is 10.3. The molecule has 0 saturated heterocycles. The van der Waals surface area contributed by atoms with Gasteiger partial charge in [0.1, 0.15) is 11.8 Å². The number of nitrogens with two attached hydrogens (primary N) is 2. The second kappa shape index (κ2) is 13.5. The van der Waals surface area contributed by atoms with Gasteiger partial charge in [0.2, 0.25) is 0 Å². The Hall–Kier alpha value is -5.67. The Morgan fingerprint density at radius 1 is 0.750 bits per heavy atom. The molecule has 3 aliphatic rings. The van der Waals surface area contributed by atoms with Crippen molar-refractivity contribution in [3.8, 4) is 57.2 Å². The number of benzene rings is 4. The van der Waals surface area contributed by atoms with Crippen LogP contribution in [0, 0.1) is 11.3 Å². The number of ether oxygens (including phenoxy) is 3. The summed E-state index contributed by atoms with van der Waals surface area (Å²) in [5.41, 5.74) is 5.90. The topological polar surface area (TPSA) is 204 Å². The Balaban J connectivity index is 1.11. The first kappa shape index (κ1) is 36.0. The van der Waals surface area contributed by atoms with E-state index in [0.717, 1.165) is 53.3 Å². The Bertz CT molecular complexity index is 2840. The van der Waals surface area contributed by atoms with E-state index in [0.29, 0.717) is 56.1 Å². The number of nitrogens with zero attached hydrogens (tertiary/aromatic N) is 5. The second-order valence-corrected chi connectivity index (χ2v) is 17.2. The molecule has 4 aromatic carbocycles. The summed E-state index contributed by atoms with van der Waals surface area (Å²) < 4.78 is 70.4. The minimum Gasteiger partial charge on any atom is -0.497 e. The van der Waals surface area contributed by atoms with E-state index in [1.165, 1.54) is 14.8 Å². The van der Waals surface area contributed by atoms with Crippen molar-refractivity contribution in [3.05, 3.63) is 102 Å². The number of nitriles is 1. The van der Waals surface area contributed by atoms with Gasteiger partial charge in [-0.2, -0.15) is 30.7 Å². The lowest BCUT2D eigenvalue weighted by Gasteiger charge is -2.24. The van der Waals surface area contributed by atoms with Crippen molar-refractivity contribution in [1.82, 2.24) is 18.6 Å². The molecule has 2 fully saturated rings. The molecular formula is C40H35N7O7S2. The molecule has 4 N–H and O–H groups in total. The molecule has 56 heavy (non-hydrogen) atoms. The molecule has 0 unspecified atom stereocenters. The van der Waals surface area contributed by atoms with Crippen molar-refractivity contribution in [1.29, 1.82) is 5.26 Å². The summed E-state index contributed by atoms with van der Waals surface area (Å²) in [6.45, 7) is 0.313. The van der Waals surface area contributed by atoms with Gasteiger partial charge in [-0.1, -0.05) is 48.5 Å². The first-order valence-electron chi connectivity index (χ1n) is 17.9. The number of fused-ring (bicyclic) bond motifs is 4. The zero-order valence-electron chi connectivity index (χ0n) is 30.0. The van der Waals surface area contributed by atoms with Crippen LogP contribution in [0.3, 0.4) is 0 Å². The van der Waals surface area contributed by atoms with Gasteiger partial charge in [0.05, 0.1) is 23.7 Å². The molecule has 0 spiro atoms. The molecule has 2 saturated carbocycles. The summed E-state index contributed by atoms with van der Waals surface area (Å²) in [6.07, 6.45) is 4.64. The number of methoxy groups -OCH3 is 1. The van der Waals surface area contributed by atoms with Gasteiger partial charge in [-0.3, -0.25) is 4.98 Å². The van der Waals surface area contributed by atoms with Gasteiger partial charge in [-0.25, -0.2) is 15.3 Å². The molecule has 2 aliphatic carbocycles. The highest BCUT2D eigenvalue weighted by molar-refractivity contribution is 7.87. The fourth-order valence-corrected chi connectivity index (χ4v) is 9.15. The van der Waals surface area contributed by atoms with Crippen LogP contribution in [0.5, 0.6) is 28.9 Å². The molecule has 14 nitrogen and oxygen atoms in total. The van der Waals surface area contributed by atoms with E-state index < -0.39 is 20.4 Å². The third-order valence-corrected chi connectivity index (χ3v) is 12.5. The smallest absolute Gasteiger partial charge is 0.277 e. The maximum absolute atomic E-state index is 12.3. The lowest BCUT2D eigenvalue weighted by Crippen LogP contribution is -2.37. The minimum absolute atomic E-state index is 0.0859. The van der Waals surface area contributed by atoms with Crippen LogP contribution < -0.4 is 24.5 Å². The average Bonchev–Trinajstić information content (AvgIpc) is 4.12. The second-order valence-electron chi connectivity index (χ2n) is 14.2. The van der Waals surface area contributed by atoms with E-state index in [4.69, 9.17) is 29.5 Å². The molecule has 0 bridgehead atoms. The molecule has 2 aromatic heterocycles. The van der Waals surface area contributed by atoms with Gasteiger partial charge in [-0.15, -0.1) is 0 Å². The zero-order valence-corrected chi connectivity index (χ0v) is 31.7. The fraction of sp³-hybridized carbons (Fsp3) is 0.225. The first-order chi connectivity index (χ1) is 26.9. The highest BCUT2D eigenvalue weighted by Gasteiger charge is 2.36. The van der Waals surface area contributed by atoms with Crippen molar-refractivity contribution in [2.24, 2.45) is 10.3 Å². The van der Waals surface area contributed by atoms with Crippen LogP contribution in [0.4, 0.5) is 0 Å². The van der Waals surface area contributed by atoms with E-state index in [1.54, 1.807) is 19.2 Å². The number of hydrogen-bond donors (Lipinski definition) is 2.